The van der Waals surface area contributed by atoms with Crippen LogP contribution in [0, 0.1) is 6.92 Å². The highest BCUT2D eigenvalue weighted by Crippen LogP contribution is 2.30. The number of hydrogen-bond acceptors (Lipinski definition) is 6. The van der Waals surface area contributed by atoms with E-state index in [4.69, 9.17) is 10.2 Å². The minimum atomic E-state index is -0.226. The Labute approximate surface area is 126 Å². The van der Waals surface area contributed by atoms with Gasteiger partial charge in [-0.15, -0.1) is 0 Å². The molecular formula is C14H18N4O2S. The zero-order valence-electron chi connectivity index (χ0n) is 12.0. The molecule has 1 saturated carbocycles. The van der Waals surface area contributed by atoms with Crippen molar-refractivity contribution in [3.63, 3.8) is 0 Å². The van der Waals surface area contributed by atoms with Crippen LogP contribution >= 0.6 is 11.3 Å². The van der Waals surface area contributed by atoms with Gasteiger partial charge >= 0.3 is 0 Å². The van der Waals surface area contributed by atoms with Gasteiger partial charge < -0.3 is 20.8 Å². The molecule has 1 aliphatic carbocycles. The van der Waals surface area contributed by atoms with Crippen molar-refractivity contribution in [2.45, 2.75) is 38.8 Å². The predicted octanol–water partition coefficient (Wildman–Crippen LogP) is 2.69. The summed E-state index contributed by atoms with van der Waals surface area (Å²) in [6.07, 6.45) is 2.30. The van der Waals surface area contributed by atoms with Crippen LogP contribution in [0.3, 0.4) is 0 Å². The van der Waals surface area contributed by atoms with E-state index in [2.05, 4.69) is 15.6 Å². The number of carbonyl (C=O) groups is 1. The molecule has 1 aliphatic rings. The Kier molecular flexibility index (Phi) is 3.59. The maximum Gasteiger partial charge on any atom is 0.265 e. The fourth-order valence-corrected chi connectivity index (χ4v) is 2.84. The number of hydrogen-bond donors (Lipinski definition) is 3. The summed E-state index contributed by atoms with van der Waals surface area (Å²) in [4.78, 5) is 16.9. The van der Waals surface area contributed by atoms with Crippen LogP contribution in [0.2, 0.25) is 0 Å². The van der Waals surface area contributed by atoms with Crippen molar-refractivity contribution >= 4 is 28.2 Å². The second kappa shape index (κ2) is 5.40. The van der Waals surface area contributed by atoms with Crippen molar-refractivity contribution in [2.24, 2.45) is 0 Å². The molecule has 6 nitrogen and oxygen atoms in total. The summed E-state index contributed by atoms with van der Waals surface area (Å²) < 4.78 is 5.51. The van der Waals surface area contributed by atoms with Crippen molar-refractivity contribution in [3.8, 4) is 0 Å². The summed E-state index contributed by atoms with van der Waals surface area (Å²) in [6, 6.07) is 4.00. The summed E-state index contributed by atoms with van der Waals surface area (Å²) in [5.41, 5.74) is 5.83. The minimum absolute atomic E-state index is 0.215. The van der Waals surface area contributed by atoms with Crippen LogP contribution in [0.25, 0.3) is 0 Å². The van der Waals surface area contributed by atoms with Crippen LogP contribution in [0.15, 0.2) is 16.5 Å². The highest BCUT2D eigenvalue weighted by Gasteiger charge is 2.25. The molecule has 112 valence electrons. The van der Waals surface area contributed by atoms with E-state index in [-0.39, 0.29) is 17.8 Å². The lowest BCUT2D eigenvalue weighted by atomic mass is 10.2. The van der Waals surface area contributed by atoms with Gasteiger partial charge in [0.05, 0.1) is 6.04 Å². The quantitative estimate of drug-likeness (QED) is 0.789. The monoisotopic (exact) mass is 306 g/mol. The summed E-state index contributed by atoms with van der Waals surface area (Å²) in [5.74, 6) is 1.58. The highest BCUT2D eigenvalue weighted by atomic mass is 32.1. The Balaban J connectivity index is 1.68. The third kappa shape index (κ3) is 3.18. The molecule has 1 unspecified atom stereocenters. The Morgan fingerprint density at radius 2 is 2.29 bits per heavy atom. The van der Waals surface area contributed by atoms with Gasteiger partial charge in [-0.25, -0.2) is 4.98 Å². The predicted molar refractivity (Wildman–Crippen MR) is 82.5 cm³/mol. The second-order valence-electron chi connectivity index (χ2n) is 5.30. The van der Waals surface area contributed by atoms with Crippen LogP contribution in [-0.2, 0) is 0 Å². The summed E-state index contributed by atoms with van der Waals surface area (Å²) in [5, 5.41) is 6.84. The molecule has 0 bridgehead atoms. The Morgan fingerprint density at radius 3 is 2.90 bits per heavy atom. The fraction of sp³-hybridized carbons (Fsp3) is 0.429. The topological polar surface area (TPSA) is 93.2 Å². The first-order valence-electron chi connectivity index (χ1n) is 6.93. The molecule has 0 radical (unpaired) electrons. The number of rotatable bonds is 5. The molecule has 3 rings (SSSR count). The van der Waals surface area contributed by atoms with E-state index in [1.54, 1.807) is 0 Å². The van der Waals surface area contributed by atoms with Gasteiger partial charge in [-0.3, -0.25) is 4.79 Å². The van der Waals surface area contributed by atoms with Gasteiger partial charge in [-0.2, -0.15) is 0 Å². The van der Waals surface area contributed by atoms with Crippen LogP contribution in [-0.4, -0.2) is 16.9 Å². The van der Waals surface area contributed by atoms with Gasteiger partial charge in [0, 0.05) is 6.04 Å². The largest absolute Gasteiger partial charge is 0.464 e. The molecule has 1 atom stereocenters. The fourth-order valence-electron chi connectivity index (χ4n) is 1.98. The van der Waals surface area contributed by atoms with Gasteiger partial charge in [-0.1, -0.05) is 11.3 Å². The van der Waals surface area contributed by atoms with Crippen LogP contribution < -0.4 is 16.4 Å². The number of aromatic nitrogens is 1. The van der Waals surface area contributed by atoms with Gasteiger partial charge in [-0.05, 0) is 38.8 Å². The molecule has 0 saturated heterocycles. The third-order valence-corrected chi connectivity index (χ3v) is 4.30. The van der Waals surface area contributed by atoms with Crippen molar-refractivity contribution in [2.75, 3.05) is 11.1 Å². The standard InChI is InChI=1S/C14H18N4O2S/c1-7-3-6-10(20-7)8(2)16-13(19)11-12(15)18-14(21-11)17-9-4-5-9/h3,6,8-9H,4-5,15H2,1-2H3,(H,16,19)(H,17,18). The lowest BCUT2D eigenvalue weighted by Gasteiger charge is -2.10. The molecule has 1 amide bonds. The first kappa shape index (κ1) is 13.9. The van der Waals surface area contributed by atoms with Crippen molar-refractivity contribution in [1.82, 2.24) is 10.3 Å². The molecule has 1 fully saturated rings. The van der Waals surface area contributed by atoms with Crippen molar-refractivity contribution < 1.29 is 9.21 Å². The van der Waals surface area contributed by atoms with Crippen molar-refractivity contribution in [1.29, 1.82) is 0 Å². The van der Waals surface area contributed by atoms with Crippen LogP contribution in [0.1, 0.15) is 47.0 Å². The Hall–Kier alpha value is -2.02. The molecule has 7 heteroatoms. The molecule has 0 spiro atoms. The Bertz CT molecular complexity index is 660. The number of nitrogens with two attached hydrogens (primary N) is 1. The summed E-state index contributed by atoms with van der Waals surface area (Å²) in [6.45, 7) is 3.74. The van der Waals surface area contributed by atoms with Gasteiger partial charge in [0.1, 0.15) is 22.2 Å². The maximum atomic E-state index is 12.3. The van der Waals surface area contributed by atoms with E-state index < -0.39 is 0 Å². The second-order valence-corrected chi connectivity index (χ2v) is 6.29. The molecule has 0 aromatic carbocycles. The van der Waals surface area contributed by atoms with E-state index in [0.29, 0.717) is 16.1 Å². The molecule has 0 aliphatic heterocycles. The van der Waals surface area contributed by atoms with Crippen LogP contribution in [0.4, 0.5) is 10.9 Å². The molecule has 2 aromatic heterocycles. The lowest BCUT2D eigenvalue weighted by Crippen LogP contribution is -2.26. The summed E-state index contributed by atoms with van der Waals surface area (Å²) in [7, 11) is 0. The van der Waals surface area contributed by atoms with Crippen LogP contribution in [0.5, 0.6) is 0 Å². The van der Waals surface area contributed by atoms with Gasteiger partial charge in [0.15, 0.2) is 5.13 Å². The number of aryl methyl sites for hydroxylation is 1. The maximum absolute atomic E-state index is 12.3. The third-order valence-electron chi connectivity index (χ3n) is 3.30. The number of anilines is 2. The van der Waals surface area contributed by atoms with E-state index in [1.165, 1.54) is 11.3 Å². The summed E-state index contributed by atoms with van der Waals surface area (Å²) >= 11 is 1.29. The average molecular weight is 306 g/mol. The number of carbonyl (C=O) groups excluding carboxylic acids is 1. The number of furan rings is 1. The zero-order valence-corrected chi connectivity index (χ0v) is 12.8. The first-order chi connectivity index (χ1) is 10.0. The zero-order chi connectivity index (χ0) is 15.0. The van der Waals surface area contributed by atoms with Gasteiger partial charge in [0.2, 0.25) is 0 Å². The smallest absolute Gasteiger partial charge is 0.265 e. The number of nitrogen functional groups attached to an aromatic ring is 1. The lowest BCUT2D eigenvalue weighted by molar-refractivity contribution is 0.0940. The molecule has 2 heterocycles. The molecular weight excluding hydrogens is 288 g/mol. The highest BCUT2D eigenvalue weighted by molar-refractivity contribution is 7.18. The SMILES string of the molecule is Cc1ccc(C(C)NC(=O)c2sc(NC3CC3)nc2N)o1. The number of nitrogens with zero attached hydrogens (tertiary/aromatic N) is 1. The number of nitrogens with one attached hydrogen (secondary N) is 2. The first-order valence-corrected chi connectivity index (χ1v) is 7.74. The normalized spacial score (nSPS) is 15.7. The van der Waals surface area contributed by atoms with Gasteiger partial charge in [0.25, 0.3) is 5.91 Å². The number of thiazole rings is 1. The molecule has 4 N–H and O–H groups in total. The van der Waals surface area contributed by atoms with E-state index in [0.717, 1.165) is 24.4 Å². The van der Waals surface area contributed by atoms with E-state index >= 15 is 0 Å². The van der Waals surface area contributed by atoms with E-state index in [9.17, 15) is 4.79 Å². The van der Waals surface area contributed by atoms with E-state index in [1.807, 2.05) is 26.0 Å². The molecule has 2 aromatic rings. The number of amides is 1. The minimum Gasteiger partial charge on any atom is -0.464 e. The molecule has 21 heavy (non-hydrogen) atoms. The average Bonchev–Trinajstić information content (AvgIpc) is 3.00. The van der Waals surface area contributed by atoms with Crippen molar-refractivity contribution in [3.05, 3.63) is 28.5 Å². The Morgan fingerprint density at radius 1 is 1.52 bits per heavy atom.